The molecule has 0 saturated heterocycles. The number of hydrogen-bond acceptors (Lipinski definition) is 2. The normalized spacial score (nSPS) is 16.7. The SMILES string of the molecule is CCNC(=NCCCSC)NC1CCCC1.I. The van der Waals surface area contributed by atoms with Gasteiger partial charge in [0, 0.05) is 19.1 Å². The number of halogens is 1. The van der Waals surface area contributed by atoms with Crippen molar-refractivity contribution in [2.24, 2.45) is 4.99 Å². The first-order chi connectivity index (χ1) is 7.86. The van der Waals surface area contributed by atoms with Crippen LogP contribution in [0.5, 0.6) is 0 Å². The lowest BCUT2D eigenvalue weighted by Crippen LogP contribution is -2.42. The first kappa shape index (κ1) is 17.4. The van der Waals surface area contributed by atoms with Crippen LogP contribution in [0, 0.1) is 0 Å². The van der Waals surface area contributed by atoms with E-state index in [1.165, 1.54) is 37.9 Å². The van der Waals surface area contributed by atoms with Crippen molar-refractivity contribution >= 4 is 41.7 Å². The van der Waals surface area contributed by atoms with Crippen LogP contribution in [-0.4, -0.2) is 37.1 Å². The molecule has 0 bridgehead atoms. The molecule has 0 spiro atoms. The van der Waals surface area contributed by atoms with Gasteiger partial charge in [0.2, 0.25) is 0 Å². The molecule has 0 atom stereocenters. The summed E-state index contributed by atoms with van der Waals surface area (Å²) in [5.74, 6) is 2.21. The minimum absolute atomic E-state index is 0. The monoisotopic (exact) mass is 371 g/mol. The molecule has 0 amide bonds. The molecule has 1 rings (SSSR count). The van der Waals surface area contributed by atoms with E-state index in [9.17, 15) is 0 Å². The fourth-order valence-corrected chi connectivity index (χ4v) is 2.40. The number of aliphatic imine (C=N–C) groups is 1. The predicted octanol–water partition coefficient (Wildman–Crippen LogP) is 2.86. The molecule has 0 radical (unpaired) electrons. The van der Waals surface area contributed by atoms with Crippen molar-refractivity contribution in [3.8, 4) is 0 Å². The first-order valence-corrected chi connectivity index (χ1v) is 7.80. The van der Waals surface area contributed by atoms with Gasteiger partial charge in [-0.25, -0.2) is 0 Å². The second-order valence-corrected chi connectivity index (χ2v) is 5.22. The maximum atomic E-state index is 4.60. The third kappa shape index (κ3) is 8.13. The van der Waals surface area contributed by atoms with Crippen molar-refractivity contribution in [1.82, 2.24) is 10.6 Å². The Morgan fingerprint density at radius 3 is 2.65 bits per heavy atom. The number of nitrogens with zero attached hydrogens (tertiary/aromatic N) is 1. The smallest absolute Gasteiger partial charge is 0.191 e. The molecule has 0 aromatic carbocycles. The Bertz CT molecular complexity index is 206. The molecule has 1 fully saturated rings. The van der Waals surface area contributed by atoms with Gasteiger partial charge in [0.1, 0.15) is 0 Å². The largest absolute Gasteiger partial charge is 0.357 e. The van der Waals surface area contributed by atoms with E-state index < -0.39 is 0 Å². The van der Waals surface area contributed by atoms with Crippen molar-refractivity contribution in [2.75, 3.05) is 25.1 Å². The molecule has 5 heteroatoms. The number of hydrogen-bond donors (Lipinski definition) is 2. The van der Waals surface area contributed by atoms with Gasteiger partial charge in [-0.05, 0) is 38.2 Å². The van der Waals surface area contributed by atoms with E-state index in [2.05, 4.69) is 28.8 Å². The van der Waals surface area contributed by atoms with E-state index in [-0.39, 0.29) is 24.0 Å². The van der Waals surface area contributed by atoms with E-state index in [0.29, 0.717) is 6.04 Å². The highest BCUT2D eigenvalue weighted by Crippen LogP contribution is 2.17. The fourth-order valence-electron chi connectivity index (χ4n) is 1.98. The van der Waals surface area contributed by atoms with Gasteiger partial charge < -0.3 is 10.6 Å². The van der Waals surface area contributed by atoms with Crippen LogP contribution in [0.1, 0.15) is 39.0 Å². The van der Waals surface area contributed by atoms with Crippen LogP contribution in [0.25, 0.3) is 0 Å². The highest BCUT2D eigenvalue weighted by molar-refractivity contribution is 14.0. The molecule has 0 heterocycles. The van der Waals surface area contributed by atoms with Crippen molar-refractivity contribution in [1.29, 1.82) is 0 Å². The average Bonchev–Trinajstić information content (AvgIpc) is 2.77. The van der Waals surface area contributed by atoms with E-state index in [1.807, 2.05) is 11.8 Å². The van der Waals surface area contributed by atoms with Gasteiger partial charge in [0.15, 0.2) is 5.96 Å². The summed E-state index contributed by atoms with van der Waals surface area (Å²) in [6.07, 6.45) is 8.64. The highest BCUT2D eigenvalue weighted by Gasteiger charge is 2.15. The number of guanidine groups is 1. The number of rotatable bonds is 6. The molecule has 102 valence electrons. The maximum Gasteiger partial charge on any atom is 0.191 e. The van der Waals surface area contributed by atoms with Gasteiger partial charge in [-0.1, -0.05) is 12.8 Å². The van der Waals surface area contributed by atoms with E-state index in [1.54, 1.807) is 0 Å². The molecule has 1 saturated carbocycles. The zero-order valence-corrected chi connectivity index (χ0v) is 14.1. The predicted molar refractivity (Wildman–Crippen MR) is 89.8 cm³/mol. The molecular weight excluding hydrogens is 345 g/mol. The summed E-state index contributed by atoms with van der Waals surface area (Å²) in [4.78, 5) is 4.60. The maximum absolute atomic E-state index is 4.60. The van der Waals surface area contributed by atoms with Crippen LogP contribution in [0.15, 0.2) is 4.99 Å². The lowest BCUT2D eigenvalue weighted by atomic mass is 10.2. The molecule has 0 aromatic heterocycles. The molecule has 1 aliphatic rings. The van der Waals surface area contributed by atoms with Crippen LogP contribution in [0.3, 0.4) is 0 Å². The molecule has 2 N–H and O–H groups in total. The van der Waals surface area contributed by atoms with Crippen molar-refractivity contribution in [3.05, 3.63) is 0 Å². The minimum Gasteiger partial charge on any atom is -0.357 e. The van der Waals surface area contributed by atoms with Gasteiger partial charge in [-0.15, -0.1) is 24.0 Å². The summed E-state index contributed by atoms with van der Waals surface area (Å²) in [5.41, 5.74) is 0. The summed E-state index contributed by atoms with van der Waals surface area (Å²) in [7, 11) is 0. The number of nitrogens with one attached hydrogen (secondary N) is 2. The van der Waals surface area contributed by atoms with E-state index >= 15 is 0 Å². The third-order valence-corrected chi connectivity index (χ3v) is 3.51. The summed E-state index contributed by atoms with van der Waals surface area (Å²) in [6.45, 7) is 4.00. The lowest BCUT2D eigenvalue weighted by molar-refractivity contribution is 0.613. The van der Waals surface area contributed by atoms with Gasteiger partial charge in [0.25, 0.3) is 0 Å². The van der Waals surface area contributed by atoms with Crippen molar-refractivity contribution in [2.45, 2.75) is 45.1 Å². The van der Waals surface area contributed by atoms with Crippen LogP contribution >= 0.6 is 35.7 Å². The molecule has 0 aromatic rings. The van der Waals surface area contributed by atoms with Crippen LogP contribution in [-0.2, 0) is 0 Å². The summed E-state index contributed by atoms with van der Waals surface area (Å²) in [5, 5.41) is 6.84. The summed E-state index contributed by atoms with van der Waals surface area (Å²) in [6, 6.07) is 0.651. The van der Waals surface area contributed by atoms with Crippen LogP contribution < -0.4 is 10.6 Å². The highest BCUT2D eigenvalue weighted by atomic mass is 127. The number of thioether (sulfide) groups is 1. The molecule has 0 unspecified atom stereocenters. The Kier molecular flexibility index (Phi) is 11.7. The Morgan fingerprint density at radius 2 is 2.06 bits per heavy atom. The molecule has 1 aliphatic carbocycles. The third-order valence-electron chi connectivity index (χ3n) is 2.82. The summed E-state index contributed by atoms with van der Waals surface area (Å²) < 4.78 is 0. The van der Waals surface area contributed by atoms with Crippen LogP contribution in [0.2, 0.25) is 0 Å². The average molecular weight is 371 g/mol. The minimum atomic E-state index is 0. The molecular formula is C12H26IN3S. The first-order valence-electron chi connectivity index (χ1n) is 6.40. The summed E-state index contributed by atoms with van der Waals surface area (Å²) >= 11 is 1.89. The molecule has 17 heavy (non-hydrogen) atoms. The lowest BCUT2D eigenvalue weighted by Gasteiger charge is -2.16. The Morgan fingerprint density at radius 1 is 1.35 bits per heavy atom. The van der Waals surface area contributed by atoms with Gasteiger partial charge in [-0.2, -0.15) is 11.8 Å². The molecule has 3 nitrogen and oxygen atoms in total. The zero-order chi connectivity index (χ0) is 11.6. The quantitative estimate of drug-likeness (QED) is 0.326. The van der Waals surface area contributed by atoms with Crippen molar-refractivity contribution in [3.63, 3.8) is 0 Å². The molecule has 0 aliphatic heterocycles. The van der Waals surface area contributed by atoms with Crippen LogP contribution in [0.4, 0.5) is 0 Å². The second-order valence-electron chi connectivity index (χ2n) is 4.23. The second kappa shape index (κ2) is 11.4. The van der Waals surface area contributed by atoms with E-state index in [0.717, 1.165) is 19.0 Å². The van der Waals surface area contributed by atoms with Gasteiger partial charge >= 0.3 is 0 Å². The Balaban J connectivity index is 0.00000256. The van der Waals surface area contributed by atoms with E-state index in [4.69, 9.17) is 0 Å². The fraction of sp³-hybridized carbons (Fsp3) is 0.917. The topological polar surface area (TPSA) is 36.4 Å². The Hall–Kier alpha value is 0.350. The Labute approximate surface area is 127 Å². The van der Waals surface area contributed by atoms with Gasteiger partial charge in [-0.3, -0.25) is 4.99 Å². The standard InChI is InChI=1S/C12H25N3S.HI/c1-3-13-12(14-9-6-10-16-2)15-11-7-4-5-8-11;/h11H,3-10H2,1-2H3,(H2,13,14,15);1H. The van der Waals surface area contributed by atoms with Gasteiger partial charge in [0.05, 0.1) is 0 Å². The zero-order valence-electron chi connectivity index (χ0n) is 11.0. The van der Waals surface area contributed by atoms with Crippen molar-refractivity contribution < 1.29 is 0 Å².